The molecule has 0 aliphatic heterocycles. The smallest absolute Gasteiger partial charge is 0.306 e. The van der Waals surface area contributed by atoms with Crippen molar-refractivity contribution >= 4 is 11.9 Å². The molecule has 0 saturated heterocycles. The molecule has 1 aromatic carbocycles. The molecule has 0 saturated carbocycles. The highest BCUT2D eigenvalue weighted by Gasteiger charge is 2.17. The van der Waals surface area contributed by atoms with Crippen molar-refractivity contribution < 1.29 is 18.7 Å². The lowest BCUT2D eigenvalue weighted by atomic mass is 10.1. The molecule has 0 bridgehead atoms. The van der Waals surface area contributed by atoms with Crippen molar-refractivity contribution in [3.8, 4) is 0 Å². The fraction of sp³-hybridized carbons (Fsp3) is 0.294. The van der Waals surface area contributed by atoms with Gasteiger partial charge in [-0.3, -0.25) is 9.59 Å². The second-order valence-corrected chi connectivity index (χ2v) is 4.91. The second-order valence-electron chi connectivity index (χ2n) is 4.91. The van der Waals surface area contributed by atoms with Gasteiger partial charge < -0.3 is 14.5 Å². The number of ether oxygens (including phenoxy) is 1. The maximum atomic E-state index is 11.8. The summed E-state index contributed by atoms with van der Waals surface area (Å²) in [6.07, 6.45) is 1.56. The molecule has 22 heavy (non-hydrogen) atoms. The van der Waals surface area contributed by atoms with E-state index in [1.807, 2.05) is 30.3 Å². The average Bonchev–Trinajstić information content (AvgIpc) is 3.05. The molecule has 5 nitrogen and oxygen atoms in total. The van der Waals surface area contributed by atoms with E-state index in [1.165, 1.54) is 6.26 Å². The van der Waals surface area contributed by atoms with E-state index >= 15 is 0 Å². The molecule has 0 fully saturated rings. The first-order valence-electron chi connectivity index (χ1n) is 7.18. The number of rotatable bonds is 7. The van der Waals surface area contributed by atoms with E-state index in [0.717, 1.165) is 5.56 Å². The molecule has 1 aromatic heterocycles. The van der Waals surface area contributed by atoms with Crippen LogP contribution in [0.4, 0.5) is 0 Å². The van der Waals surface area contributed by atoms with E-state index in [2.05, 4.69) is 5.32 Å². The van der Waals surface area contributed by atoms with Crippen LogP contribution in [0.2, 0.25) is 0 Å². The van der Waals surface area contributed by atoms with Crippen LogP contribution >= 0.6 is 0 Å². The van der Waals surface area contributed by atoms with Crippen LogP contribution in [0.5, 0.6) is 0 Å². The molecule has 0 radical (unpaired) electrons. The number of carbonyl (C=O) groups excluding carboxylic acids is 2. The zero-order valence-corrected chi connectivity index (χ0v) is 12.5. The number of furan rings is 1. The van der Waals surface area contributed by atoms with Crippen molar-refractivity contribution in [1.82, 2.24) is 5.32 Å². The molecule has 5 heteroatoms. The summed E-state index contributed by atoms with van der Waals surface area (Å²) in [5.74, 6) is -0.0788. The second kappa shape index (κ2) is 8.02. The number of carbonyl (C=O) groups is 2. The molecule has 2 aromatic rings. The predicted molar refractivity (Wildman–Crippen MR) is 80.9 cm³/mol. The highest BCUT2D eigenvalue weighted by molar-refractivity contribution is 5.83. The number of esters is 1. The van der Waals surface area contributed by atoms with Gasteiger partial charge in [0.1, 0.15) is 5.76 Å². The van der Waals surface area contributed by atoms with Crippen molar-refractivity contribution in [3.05, 3.63) is 60.1 Å². The fourth-order valence-corrected chi connectivity index (χ4v) is 1.93. The first kappa shape index (κ1) is 15.8. The Balaban J connectivity index is 1.70. The third-order valence-corrected chi connectivity index (χ3v) is 3.16. The number of hydrogen-bond donors (Lipinski definition) is 1. The van der Waals surface area contributed by atoms with Crippen molar-refractivity contribution in [1.29, 1.82) is 0 Å². The van der Waals surface area contributed by atoms with Gasteiger partial charge in [-0.15, -0.1) is 0 Å². The number of benzene rings is 1. The summed E-state index contributed by atoms with van der Waals surface area (Å²) in [5, 5.41) is 2.65. The topological polar surface area (TPSA) is 68.5 Å². The van der Waals surface area contributed by atoms with Gasteiger partial charge in [0.15, 0.2) is 6.10 Å². The summed E-state index contributed by atoms with van der Waals surface area (Å²) >= 11 is 0. The summed E-state index contributed by atoms with van der Waals surface area (Å²) in [5.41, 5.74) is 1.06. The number of hydrogen-bond acceptors (Lipinski definition) is 4. The van der Waals surface area contributed by atoms with Gasteiger partial charge in [-0.2, -0.15) is 0 Å². The maximum absolute atomic E-state index is 11.8. The SMILES string of the molecule is C[C@H](OC(=O)CCc1ccccc1)C(=O)NCc1ccco1. The van der Waals surface area contributed by atoms with Crippen LogP contribution in [-0.4, -0.2) is 18.0 Å². The van der Waals surface area contributed by atoms with Crippen LogP contribution < -0.4 is 5.32 Å². The lowest BCUT2D eigenvalue weighted by Gasteiger charge is -2.13. The quantitative estimate of drug-likeness (QED) is 0.798. The van der Waals surface area contributed by atoms with Crippen LogP contribution in [0.3, 0.4) is 0 Å². The molecular weight excluding hydrogens is 282 g/mol. The van der Waals surface area contributed by atoms with E-state index < -0.39 is 6.10 Å². The number of aryl methyl sites for hydroxylation is 1. The van der Waals surface area contributed by atoms with E-state index in [0.29, 0.717) is 12.2 Å². The van der Waals surface area contributed by atoms with Crippen LogP contribution in [0.15, 0.2) is 53.1 Å². The Bertz CT molecular complexity index is 592. The van der Waals surface area contributed by atoms with Gasteiger partial charge in [0.2, 0.25) is 0 Å². The Morgan fingerprint density at radius 3 is 2.64 bits per heavy atom. The molecule has 1 heterocycles. The zero-order valence-electron chi connectivity index (χ0n) is 12.5. The van der Waals surface area contributed by atoms with E-state index in [1.54, 1.807) is 19.1 Å². The lowest BCUT2D eigenvalue weighted by Crippen LogP contribution is -2.35. The van der Waals surface area contributed by atoms with Gasteiger partial charge in [0.05, 0.1) is 12.8 Å². The van der Waals surface area contributed by atoms with Gasteiger partial charge >= 0.3 is 5.97 Å². The minimum Gasteiger partial charge on any atom is -0.467 e. The van der Waals surface area contributed by atoms with Crippen molar-refractivity contribution in [2.24, 2.45) is 0 Å². The standard InChI is InChI=1S/C17H19NO4/c1-13(17(20)18-12-15-8-5-11-21-15)22-16(19)10-9-14-6-3-2-4-7-14/h2-8,11,13H,9-10,12H2,1H3,(H,18,20)/t13-/m0/s1. The first-order chi connectivity index (χ1) is 10.6. The van der Waals surface area contributed by atoms with Gasteiger partial charge in [0.25, 0.3) is 5.91 Å². The van der Waals surface area contributed by atoms with Crippen LogP contribution in [-0.2, 0) is 27.3 Å². The molecule has 2 rings (SSSR count). The van der Waals surface area contributed by atoms with Crippen molar-refractivity contribution in [2.45, 2.75) is 32.4 Å². The third-order valence-electron chi connectivity index (χ3n) is 3.16. The fourth-order valence-electron chi connectivity index (χ4n) is 1.93. The Hall–Kier alpha value is -2.56. The molecule has 0 spiro atoms. The average molecular weight is 301 g/mol. The molecule has 0 aliphatic carbocycles. The van der Waals surface area contributed by atoms with Crippen LogP contribution in [0, 0.1) is 0 Å². The zero-order chi connectivity index (χ0) is 15.8. The molecule has 1 N–H and O–H groups in total. The highest BCUT2D eigenvalue weighted by atomic mass is 16.5. The Kier molecular flexibility index (Phi) is 5.77. The number of amides is 1. The Morgan fingerprint density at radius 2 is 1.95 bits per heavy atom. The predicted octanol–water partition coefficient (Wildman–Crippen LogP) is 2.46. The summed E-state index contributed by atoms with van der Waals surface area (Å²) < 4.78 is 10.2. The molecule has 1 amide bonds. The van der Waals surface area contributed by atoms with Gasteiger partial charge in [0, 0.05) is 6.42 Å². The number of nitrogens with one attached hydrogen (secondary N) is 1. The lowest BCUT2D eigenvalue weighted by molar-refractivity contribution is -0.154. The summed E-state index contributed by atoms with van der Waals surface area (Å²) in [4.78, 5) is 23.6. The molecule has 116 valence electrons. The Labute approximate surface area is 129 Å². The van der Waals surface area contributed by atoms with E-state index in [-0.39, 0.29) is 24.8 Å². The van der Waals surface area contributed by atoms with Crippen molar-refractivity contribution in [2.75, 3.05) is 0 Å². The van der Waals surface area contributed by atoms with Crippen LogP contribution in [0.25, 0.3) is 0 Å². The third kappa shape index (κ3) is 5.09. The van der Waals surface area contributed by atoms with Gasteiger partial charge in [-0.25, -0.2) is 0 Å². The molecule has 0 unspecified atom stereocenters. The molecular formula is C17H19NO4. The van der Waals surface area contributed by atoms with E-state index in [9.17, 15) is 9.59 Å². The van der Waals surface area contributed by atoms with E-state index in [4.69, 9.17) is 9.15 Å². The van der Waals surface area contributed by atoms with Gasteiger partial charge in [-0.1, -0.05) is 30.3 Å². The van der Waals surface area contributed by atoms with Crippen molar-refractivity contribution in [3.63, 3.8) is 0 Å². The largest absolute Gasteiger partial charge is 0.467 e. The minimum atomic E-state index is -0.821. The van der Waals surface area contributed by atoms with Gasteiger partial charge in [-0.05, 0) is 31.0 Å². The normalized spacial score (nSPS) is 11.7. The summed E-state index contributed by atoms with van der Waals surface area (Å²) in [6.45, 7) is 1.83. The summed E-state index contributed by atoms with van der Waals surface area (Å²) in [7, 11) is 0. The molecule has 0 aliphatic rings. The Morgan fingerprint density at radius 1 is 1.18 bits per heavy atom. The maximum Gasteiger partial charge on any atom is 0.306 e. The summed E-state index contributed by atoms with van der Waals surface area (Å²) in [6, 6.07) is 13.2. The molecule has 1 atom stereocenters. The minimum absolute atomic E-state index is 0.250. The first-order valence-corrected chi connectivity index (χ1v) is 7.18. The highest BCUT2D eigenvalue weighted by Crippen LogP contribution is 2.05. The monoisotopic (exact) mass is 301 g/mol. The van der Waals surface area contributed by atoms with Crippen LogP contribution in [0.1, 0.15) is 24.7 Å².